The van der Waals surface area contributed by atoms with E-state index < -0.39 is 24.0 Å². The van der Waals surface area contributed by atoms with Crippen molar-refractivity contribution in [1.29, 1.82) is 0 Å². The van der Waals surface area contributed by atoms with Gasteiger partial charge in [-0.3, -0.25) is 4.79 Å². The largest absolute Gasteiger partial charge is 0.366 e. The van der Waals surface area contributed by atoms with Gasteiger partial charge in [0.05, 0.1) is 0 Å². The van der Waals surface area contributed by atoms with Crippen molar-refractivity contribution in [2.24, 2.45) is 0 Å². The predicted octanol–water partition coefficient (Wildman–Crippen LogP) is 3.43. The molecule has 0 spiro atoms. The van der Waals surface area contributed by atoms with Gasteiger partial charge in [0.25, 0.3) is 0 Å². The van der Waals surface area contributed by atoms with Crippen molar-refractivity contribution in [1.82, 2.24) is 0 Å². The molecule has 0 amide bonds. The summed E-state index contributed by atoms with van der Waals surface area (Å²) in [6.07, 6.45) is 1.10. The van der Waals surface area contributed by atoms with E-state index in [1.165, 1.54) is 0 Å². The third-order valence-corrected chi connectivity index (χ3v) is 1.91. The van der Waals surface area contributed by atoms with Crippen LogP contribution in [0.3, 0.4) is 0 Å². The van der Waals surface area contributed by atoms with Gasteiger partial charge in [-0.25, -0.2) is 0 Å². The molecule has 1 nitrogen and oxygen atoms in total. The number of Topliss-reactive ketones (excluding diaryl/α,β-unsaturated/α-hetero) is 1. The van der Waals surface area contributed by atoms with E-state index in [2.05, 4.69) is 0 Å². The summed E-state index contributed by atoms with van der Waals surface area (Å²) in [6.45, 7) is 1.89. The van der Waals surface area contributed by atoms with Gasteiger partial charge in [-0.1, -0.05) is 19.8 Å². The summed E-state index contributed by atoms with van der Waals surface area (Å²) in [6, 6.07) is 0. The Labute approximate surface area is 80.5 Å². The lowest BCUT2D eigenvalue weighted by molar-refractivity contribution is -0.200. The number of hydrogen-bond donors (Lipinski definition) is 0. The molecule has 0 rings (SSSR count). The van der Waals surface area contributed by atoms with Crippen LogP contribution in [-0.2, 0) is 4.79 Å². The van der Waals surface area contributed by atoms with Gasteiger partial charge < -0.3 is 0 Å². The smallest absolute Gasteiger partial charge is 0.293 e. The second-order valence-electron chi connectivity index (χ2n) is 3.34. The fourth-order valence-electron chi connectivity index (χ4n) is 0.937. The lowest BCUT2D eigenvalue weighted by Crippen LogP contribution is -2.44. The van der Waals surface area contributed by atoms with Crippen LogP contribution in [-0.4, -0.2) is 17.6 Å². The predicted molar refractivity (Wildman–Crippen MR) is 44.7 cm³/mol. The second-order valence-corrected chi connectivity index (χ2v) is 3.34. The standard InChI is InChI=1S/C9H14F4O/c1-3-4-5-6-7(14)9(12,13)8(2,10)11/h3-6H2,1-2H3. The Balaban J connectivity index is 4.23. The van der Waals surface area contributed by atoms with Gasteiger partial charge in [0.1, 0.15) is 0 Å². The van der Waals surface area contributed by atoms with Crippen molar-refractivity contribution in [3.05, 3.63) is 0 Å². The normalized spacial score (nSPS) is 13.0. The van der Waals surface area contributed by atoms with E-state index in [-0.39, 0.29) is 13.3 Å². The molecule has 0 saturated heterocycles. The minimum atomic E-state index is -4.53. The molecule has 14 heavy (non-hydrogen) atoms. The van der Waals surface area contributed by atoms with Crippen molar-refractivity contribution in [3.63, 3.8) is 0 Å². The molecule has 5 heteroatoms. The van der Waals surface area contributed by atoms with Crippen LogP contribution in [0, 0.1) is 0 Å². The summed E-state index contributed by atoms with van der Waals surface area (Å²) in [4.78, 5) is 10.8. The van der Waals surface area contributed by atoms with Gasteiger partial charge >= 0.3 is 11.8 Å². The molecule has 0 aliphatic rings. The van der Waals surface area contributed by atoms with Crippen molar-refractivity contribution in [3.8, 4) is 0 Å². The third-order valence-electron chi connectivity index (χ3n) is 1.91. The highest BCUT2D eigenvalue weighted by atomic mass is 19.3. The molecule has 0 bridgehead atoms. The zero-order chi connectivity index (χ0) is 11.4. The average molecular weight is 214 g/mol. The summed E-state index contributed by atoms with van der Waals surface area (Å²) < 4.78 is 49.9. The van der Waals surface area contributed by atoms with Gasteiger partial charge in [-0.2, -0.15) is 17.6 Å². The number of carbonyl (C=O) groups excluding carboxylic acids is 1. The third kappa shape index (κ3) is 3.27. The Bertz CT molecular complexity index is 195. The number of rotatable bonds is 6. The summed E-state index contributed by atoms with van der Waals surface area (Å²) in [5, 5.41) is 0. The van der Waals surface area contributed by atoms with E-state index in [9.17, 15) is 22.4 Å². The molecule has 0 atom stereocenters. The molecule has 0 aromatic carbocycles. The molecule has 0 aliphatic heterocycles. The number of hydrogen-bond acceptors (Lipinski definition) is 1. The first-order valence-corrected chi connectivity index (χ1v) is 4.52. The summed E-state index contributed by atoms with van der Waals surface area (Å²) >= 11 is 0. The Morgan fingerprint density at radius 3 is 2.00 bits per heavy atom. The summed E-state index contributed by atoms with van der Waals surface area (Å²) in [5.41, 5.74) is 0. The van der Waals surface area contributed by atoms with E-state index >= 15 is 0 Å². The van der Waals surface area contributed by atoms with Crippen LogP contribution in [0.1, 0.15) is 39.5 Å². The highest BCUT2D eigenvalue weighted by Gasteiger charge is 2.57. The minimum absolute atomic E-state index is 0.0602. The molecule has 0 heterocycles. The van der Waals surface area contributed by atoms with Crippen molar-refractivity contribution in [2.45, 2.75) is 51.4 Å². The highest BCUT2D eigenvalue weighted by Crippen LogP contribution is 2.35. The minimum Gasteiger partial charge on any atom is -0.293 e. The van der Waals surface area contributed by atoms with Gasteiger partial charge in [-0.15, -0.1) is 0 Å². The van der Waals surface area contributed by atoms with Crippen molar-refractivity contribution in [2.75, 3.05) is 0 Å². The maximum Gasteiger partial charge on any atom is 0.366 e. The molecule has 0 fully saturated rings. The molecule has 0 saturated carbocycles. The molecular formula is C9H14F4O. The Morgan fingerprint density at radius 1 is 1.14 bits per heavy atom. The molecule has 84 valence electrons. The number of alkyl halides is 4. The van der Waals surface area contributed by atoms with E-state index in [0.717, 1.165) is 6.42 Å². The Hall–Kier alpha value is -0.610. The maximum atomic E-state index is 12.7. The summed E-state index contributed by atoms with van der Waals surface area (Å²) in [7, 11) is 0. The monoisotopic (exact) mass is 214 g/mol. The first-order valence-electron chi connectivity index (χ1n) is 4.52. The number of unbranched alkanes of at least 4 members (excludes halogenated alkanes) is 2. The van der Waals surface area contributed by atoms with Crippen LogP contribution in [0.2, 0.25) is 0 Å². The van der Waals surface area contributed by atoms with Gasteiger partial charge in [-0.05, 0) is 6.42 Å². The van der Waals surface area contributed by atoms with Crippen LogP contribution in [0.4, 0.5) is 17.6 Å². The molecule has 0 unspecified atom stereocenters. The fourth-order valence-corrected chi connectivity index (χ4v) is 0.937. The Kier molecular flexibility index (Phi) is 4.55. The lowest BCUT2D eigenvalue weighted by atomic mass is 10.0. The van der Waals surface area contributed by atoms with Gasteiger partial charge in [0.2, 0.25) is 5.78 Å². The van der Waals surface area contributed by atoms with E-state index in [0.29, 0.717) is 6.42 Å². The Morgan fingerprint density at radius 2 is 1.64 bits per heavy atom. The lowest BCUT2D eigenvalue weighted by Gasteiger charge is -2.21. The van der Waals surface area contributed by atoms with Crippen LogP contribution < -0.4 is 0 Å². The van der Waals surface area contributed by atoms with E-state index in [1.54, 1.807) is 0 Å². The average Bonchev–Trinajstić information content (AvgIpc) is 2.02. The van der Waals surface area contributed by atoms with Crippen LogP contribution in [0.5, 0.6) is 0 Å². The van der Waals surface area contributed by atoms with E-state index in [1.807, 2.05) is 6.92 Å². The quantitative estimate of drug-likeness (QED) is 0.489. The summed E-state index contributed by atoms with van der Waals surface area (Å²) in [5.74, 6) is -10.5. The zero-order valence-corrected chi connectivity index (χ0v) is 8.25. The van der Waals surface area contributed by atoms with Crippen molar-refractivity contribution >= 4 is 5.78 Å². The molecule has 0 aliphatic carbocycles. The van der Waals surface area contributed by atoms with Crippen LogP contribution >= 0.6 is 0 Å². The fraction of sp³-hybridized carbons (Fsp3) is 0.889. The first kappa shape index (κ1) is 13.4. The zero-order valence-electron chi connectivity index (χ0n) is 8.25. The first-order chi connectivity index (χ1) is 6.23. The number of carbonyl (C=O) groups is 1. The molecular weight excluding hydrogens is 200 g/mol. The van der Waals surface area contributed by atoms with E-state index in [4.69, 9.17) is 0 Å². The molecule has 0 aromatic heterocycles. The number of ketones is 1. The van der Waals surface area contributed by atoms with Gasteiger partial charge in [0, 0.05) is 13.3 Å². The maximum absolute atomic E-state index is 12.7. The topological polar surface area (TPSA) is 17.1 Å². The van der Waals surface area contributed by atoms with Crippen molar-refractivity contribution < 1.29 is 22.4 Å². The van der Waals surface area contributed by atoms with Gasteiger partial charge in [0.15, 0.2) is 0 Å². The van der Waals surface area contributed by atoms with Crippen LogP contribution in [0.25, 0.3) is 0 Å². The second kappa shape index (κ2) is 4.75. The highest BCUT2D eigenvalue weighted by molar-refractivity contribution is 5.86. The SMILES string of the molecule is CCCCCC(=O)C(F)(F)C(C)(F)F. The number of halogens is 4. The molecule has 0 N–H and O–H groups in total. The van der Waals surface area contributed by atoms with Crippen LogP contribution in [0.15, 0.2) is 0 Å². The molecule has 0 aromatic rings. The molecule has 0 radical (unpaired) electrons.